The van der Waals surface area contributed by atoms with Gasteiger partial charge in [-0.1, -0.05) is 25.5 Å². The van der Waals surface area contributed by atoms with Gasteiger partial charge in [0.1, 0.15) is 0 Å². The lowest BCUT2D eigenvalue weighted by Gasteiger charge is -2.19. The molecule has 112 valence electrons. The summed E-state index contributed by atoms with van der Waals surface area (Å²) in [6, 6.07) is 3.62. The molecule has 1 unspecified atom stereocenters. The van der Waals surface area contributed by atoms with Crippen molar-refractivity contribution in [3.8, 4) is 0 Å². The first-order valence-corrected chi connectivity index (χ1v) is 7.07. The van der Waals surface area contributed by atoms with Gasteiger partial charge < -0.3 is 5.11 Å². The molecule has 5 nitrogen and oxygen atoms in total. The minimum atomic E-state index is -0.971. The largest absolute Gasteiger partial charge is 0.481 e. The van der Waals surface area contributed by atoms with Crippen molar-refractivity contribution >= 4 is 17.8 Å². The van der Waals surface area contributed by atoms with Gasteiger partial charge in [-0.2, -0.15) is 0 Å². The van der Waals surface area contributed by atoms with E-state index in [-0.39, 0.29) is 18.4 Å². The van der Waals surface area contributed by atoms with Gasteiger partial charge in [-0.25, -0.2) is 0 Å². The molecule has 21 heavy (non-hydrogen) atoms. The highest BCUT2D eigenvalue weighted by Gasteiger charge is 2.39. The normalized spacial score (nSPS) is 15.3. The third-order valence-electron chi connectivity index (χ3n) is 3.93. The van der Waals surface area contributed by atoms with Crippen molar-refractivity contribution in [1.29, 1.82) is 0 Å². The van der Waals surface area contributed by atoms with Crippen LogP contribution in [0.1, 0.15) is 51.6 Å². The minimum absolute atomic E-state index is 0.0611. The first-order chi connectivity index (χ1) is 9.88. The monoisotopic (exact) mass is 289 g/mol. The number of fused-ring (bicyclic) bond motifs is 1. The summed E-state index contributed by atoms with van der Waals surface area (Å²) >= 11 is 0. The number of carboxylic acids is 1. The molecule has 1 aromatic carbocycles. The summed E-state index contributed by atoms with van der Waals surface area (Å²) in [7, 11) is 0. The summed E-state index contributed by atoms with van der Waals surface area (Å²) in [6.45, 7) is 5.39. The van der Waals surface area contributed by atoms with Crippen LogP contribution in [-0.2, 0) is 4.79 Å². The zero-order valence-electron chi connectivity index (χ0n) is 12.5. The highest BCUT2D eigenvalue weighted by molar-refractivity contribution is 6.22. The summed E-state index contributed by atoms with van der Waals surface area (Å²) in [5.41, 5.74) is 2.33. The molecular weight excluding hydrogens is 270 g/mol. The molecule has 0 aromatic heterocycles. The van der Waals surface area contributed by atoms with Crippen molar-refractivity contribution in [1.82, 2.24) is 4.90 Å². The van der Waals surface area contributed by atoms with Gasteiger partial charge in [0, 0.05) is 6.54 Å². The van der Waals surface area contributed by atoms with E-state index in [1.54, 1.807) is 13.8 Å². The van der Waals surface area contributed by atoms with Crippen LogP contribution < -0.4 is 0 Å². The van der Waals surface area contributed by atoms with Crippen molar-refractivity contribution in [2.75, 3.05) is 6.54 Å². The van der Waals surface area contributed by atoms with Gasteiger partial charge in [0.05, 0.1) is 17.0 Å². The third-order valence-corrected chi connectivity index (χ3v) is 3.93. The van der Waals surface area contributed by atoms with Crippen molar-refractivity contribution in [2.45, 2.75) is 33.6 Å². The molecule has 1 atom stereocenters. The second-order valence-electron chi connectivity index (χ2n) is 5.49. The maximum absolute atomic E-state index is 12.5. The average Bonchev–Trinajstić information content (AvgIpc) is 2.68. The van der Waals surface area contributed by atoms with Crippen LogP contribution in [0.3, 0.4) is 0 Å². The number of nitrogens with zero attached hydrogens (tertiary/aromatic N) is 1. The van der Waals surface area contributed by atoms with E-state index in [9.17, 15) is 19.5 Å². The quantitative estimate of drug-likeness (QED) is 0.845. The van der Waals surface area contributed by atoms with E-state index in [2.05, 4.69) is 0 Å². The zero-order chi connectivity index (χ0) is 15.7. The Labute approximate surface area is 123 Å². The van der Waals surface area contributed by atoms with Crippen molar-refractivity contribution in [2.24, 2.45) is 5.92 Å². The number of aliphatic carboxylic acids is 1. The van der Waals surface area contributed by atoms with Gasteiger partial charge in [0.2, 0.25) is 0 Å². The highest BCUT2D eigenvalue weighted by atomic mass is 16.4. The Morgan fingerprint density at radius 1 is 1.14 bits per heavy atom. The molecule has 0 saturated heterocycles. The molecule has 1 aliphatic heterocycles. The lowest BCUT2D eigenvalue weighted by molar-refractivity contribution is -0.142. The van der Waals surface area contributed by atoms with Gasteiger partial charge in [-0.3, -0.25) is 19.3 Å². The number of carbonyl (C=O) groups excluding carboxylic acids is 2. The van der Waals surface area contributed by atoms with Crippen LogP contribution in [-0.4, -0.2) is 34.3 Å². The molecule has 5 heteroatoms. The van der Waals surface area contributed by atoms with Crippen molar-refractivity contribution < 1.29 is 19.5 Å². The Kier molecular flexibility index (Phi) is 4.11. The van der Waals surface area contributed by atoms with Crippen LogP contribution in [0.15, 0.2) is 12.1 Å². The minimum Gasteiger partial charge on any atom is -0.481 e. The number of hydrogen-bond donors (Lipinski definition) is 1. The van der Waals surface area contributed by atoms with Crippen LogP contribution in [0, 0.1) is 19.8 Å². The summed E-state index contributed by atoms with van der Waals surface area (Å²) in [5, 5.41) is 9.21. The molecule has 2 rings (SSSR count). The molecule has 0 fully saturated rings. The number of aryl methyl sites for hydroxylation is 2. The summed E-state index contributed by atoms with van der Waals surface area (Å²) in [6.07, 6.45) is 1.14. The van der Waals surface area contributed by atoms with Gasteiger partial charge in [-0.15, -0.1) is 0 Å². The maximum atomic E-state index is 12.5. The van der Waals surface area contributed by atoms with Crippen LogP contribution in [0.2, 0.25) is 0 Å². The maximum Gasteiger partial charge on any atom is 0.308 e. The number of hydrogen-bond acceptors (Lipinski definition) is 3. The summed E-state index contributed by atoms with van der Waals surface area (Å²) in [4.78, 5) is 37.2. The summed E-state index contributed by atoms with van der Waals surface area (Å²) < 4.78 is 0. The fourth-order valence-electron chi connectivity index (χ4n) is 2.75. The Morgan fingerprint density at radius 2 is 1.62 bits per heavy atom. The van der Waals surface area contributed by atoms with E-state index in [1.807, 2.05) is 19.1 Å². The summed E-state index contributed by atoms with van der Waals surface area (Å²) in [5.74, 6) is -2.43. The topological polar surface area (TPSA) is 74.7 Å². The Bertz CT molecular complexity index is 580. The van der Waals surface area contributed by atoms with E-state index >= 15 is 0 Å². The molecular formula is C16H19NO4. The van der Waals surface area contributed by atoms with E-state index in [0.717, 1.165) is 16.0 Å². The Morgan fingerprint density at radius 3 is 2.00 bits per heavy atom. The molecule has 2 amide bonds. The fourth-order valence-corrected chi connectivity index (χ4v) is 2.75. The molecule has 1 aliphatic rings. The molecule has 0 radical (unpaired) electrons. The van der Waals surface area contributed by atoms with Gasteiger partial charge in [-0.05, 0) is 31.4 Å². The highest BCUT2D eigenvalue weighted by Crippen LogP contribution is 2.29. The molecule has 0 aliphatic carbocycles. The Hall–Kier alpha value is -2.17. The average molecular weight is 289 g/mol. The first-order valence-electron chi connectivity index (χ1n) is 7.07. The van der Waals surface area contributed by atoms with E-state index in [0.29, 0.717) is 24.0 Å². The second kappa shape index (κ2) is 5.68. The predicted octanol–water partition coefficient (Wildman–Crippen LogP) is 2.40. The van der Waals surface area contributed by atoms with Crippen molar-refractivity contribution in [3.05, 3.63) is 34.4 Å². The predicted molar refractivity (Wildman–Crippen MR) is 77.3 cm³/mol. The standard InChI is InChI=1S/C16H19NO4/c1-4-5-11(16(20)21)8-17-14(18)12-9(2)6-7-10(3)13(12)15(17)19/h6-7,11H,4-5,8H2,1-3H3,(H,20,21). The third kappa shape index (κ3) is 2.55. The van der Waals surface area contributed by atoms with Crippen LogP contribution in [0.25, 0.3) is 0 Å². The number of amides is 2. The van der Waals surface area contributed by atoms with E-state index < -0.39 is 11.9 Å². The van der Waals surface area contributed by atoms with E-state index in [1.165, 1.54) is 0 Å². The first kappa shape index (κ1) is 15.2. The number of benzene rings is 1. The van der Waals surface area contributed by atoms with Crippen LogP contribution >= 0.6 is 0 Å². The van der Waals surface area contributed by atoms with Crippen LogP contribution in [0.4, 0.5) is 0 Å². The zero-order valence-corrected chi connectivity index (χ0v) is 12.5. The Balaban J connectivity index is 2.36. The molecule has 1 aromatic rings. The molecule has 1 N–H and O–H groups in total. The smallest absolute Gasteiger partial charge is 0.308 e. The molecule has 1 heterocycles. The lowest BCUT2D eigenvalue weighted by Crippen LogP contribution is -2.37. The van der Waals surface area contributed by atoms with E-state index in [4.69, 9.17) is 0 Å². The van der Waals surface area contributed by atoms with Crippen molar-refractivity contribution in [3.63, 3.8) is 0 Å². The number of imide groups is 1. The van der Waals surface area contributed by atoms with Crippen LogP contribution in [0.5, 0.6) is 0 Å². The van der Waals surface area contributed by atoms with Gasteiger partial charge >= 0.3 is 5.97 Å². The van der Waals surface area contributed by atoms with Gasteiger partial charge in [0.15, 0.2) is 0 Å². The SMILES string of the molecule is CCCC(CN1C(=O)c2c(C)ccc(C)c2C1=O)C(=O)O. The fraction of sp³-hybridized carbons (Fsp3) is 0.438. The number of rotatable bonds is 5. The molecule has 0 saturated carbocycles. The van der Waals surface area contributed by atoms with Gasteiger partial charge in [0.25, 0.3) is 11.8 Å². The number of carbonyl (C=O) groups is 3. The number of carboxylic acid groups (broad SMARTS) is 1. The lowest BCUT2D eigenvalue weighted by atomic mass is 9.99. The molecule has 0 spiro atoms. The molecule has 0 bridgehead atoms. The second-order valence-corrected chi connectivity index (χ2v) is 5.49.